The minimum atomic E-state index is -0.715. The van der Waals surface area contributed by atoms with Gasteiger partial charge < -0.3 is 14.9 Å². The quantitative estimate of drug-likeness (QED) is 0.400. The fourth-order valence-corrected chi connectivity index (χ4v) is 2.76. The van der Waals surface area contributed by atoms with Crippen LogP contribution in [0.25, 0.3) is 0 Å². The highest BCUT2D eigenvalue weighted by atomic mass is 16.6. The van der Waals surface area contributed by atoms with Gasteiger partial charge >= 0.3 is 5.97 Å². The molecule has 0 aliphatic rings. The van der Waals surface area contributed by atoms with E-state index in [9.17, 15) is 19.8 Å². The van der Waals surface area contributed by atoms with Gasteiger partial charge in [0.1, 0.15) is 17.1 Å². The zero-order chi connectivity index (χ0) is 19.3. The predicted molar refractivity (Wildman–Crippen MR) is 97.6 cm³/mol. The molecular formula is C20H23NO5. The summed E-state index contributed by atoms with van der Waals surface area (Å²) in [6.45, 7) is 5.50. The summed E-state index contributed by atoms with van der Waals surface area (Å²) in [6, 6.07) is 9.78. The number of benzene rings is 2. The predicted octanol–water partition coefficient (Wildman–Crippen LogP) is 3.00. The highest BCUT2D eigenvalue weighted by Crippen LogP contribution is 2.30. The van der Waals surface area contributed by atoms with E-state index in [2.05, 4.69) is 5.32 Å². The second-order valence-electron chi connectivity index (χ2n) is 5.96. The smallest absolute Gasteiger partial charge is 0.343 e. The number of ether oxygens (including phenoxy) is 1. The van der Waals surface area contributed by atoms with Crippen molar-refractivity contribution in [2.75, 3.05) is 6.54 Å². The lowest BCUT2D eigenvalue weighted by Gasteiger charge is -2.16. The van der Waals surface area contributed by atoms with E-state index in [4.69, 9.17) is 4.74 Å². The molecule has 0 saturated carbocycles. The van der Waals surface area contributed by atoms with Crippen LogP contribution < -0.4 is 5.32 Å². The van der Waals surface area contributed by atoms with E-state index in [1.165, 1.54) is 13.0 Å². The number of phenolic OH excluding ortho intramolecular Hbond substituents is 2. The third-order valence-electron chi connectivity index (χ3n) is 3.98. The van der Waals surface area contributed by atoms with Gasteiger partial charge in [0.15, 0.2) is 12.0 Å². The fourth-order valence-electron chi connectivity index (χ4n) is 2.76. The summed E-state index contributed by atoms with van der Waals surface area (Å²) in [5.74, 6) is -1.39. The van der Waals surface area contributed by atoms with Crippen molar-refractivity contribution in [3.63, 3.8) is 0 Å². The molecule has 1 unspecified atom stereocenters. The average Bonchev–Trinajstić information content (AvgIpc) is 2.56. The van der Waals surface area contributed by atoms with Crippen molar-refractivity contribution in [2.45, 2.75) is 33.4 Å². The Labute approximate surface area is 152 Å². The van der Waals surface area contributed by atoms with Gasteiger partial charge in [-0.1, -0.05) is 31.2 Å². The van der Waals surface area contributed by atoms with E-state index in [1.807, 2.05) is 6.92 Å². The monoisotopic (exact) mass is 357 g/mol. The summed E-state index contributed by atoms with van der Waals surface area (Å²) < 4.78 is 5.21. The average molecular weight is 357 g/mol. The first-order chi connectivity index (χ1) is 12.3. The number of ketones is 1. The summed E-state index contributed by atoms with van der Waals surface area (Å²) >= 11 is 0. The Kier molecular flexibility index (Phi) is 6.36. The van der Waals surface area contributed by atoms with Crippen molar-refractivity contribution < 1.29 is 24.5 Å². The lowest BCUT2D eigenvalue weighted by Crippen LogP contribution is -2.30. The molecule has 0 amide bonds. The van der Waals surface area contributed by atoms with Crippen LogP contribution in [0.3, 0.4) is 0 Å². The number of hydrogen-bond donors (Lipinski definition) is 3. The number of rotatable bonds is 7. The number of phenols is 2. The molecule has 3 N–H and O–H groups in total. The first kappa shape index (κ1) is 19.5. The maximum absolute atomic E-state index is 12.3. The third kappa shape index (κ3) is 4.40. The summed E-state index contributed by atoms with van der Waals surface area (Å²) in [6.07, 6.45) is -0.272. The number of hydrogen-bond acceptors (Lipinski definition) is 6. The number of nitrogens with one attached hydrogen (secondary N) is 1. The minimum Gasteiger partial charge on any atom is -0.508 e. The van der Waals surface area contributed by atoms with Gasteiger partial charge in [0.25, 0.3) is 0 Å². The maximum atomic E-state index is 12.3. The maximum Gasteiger partial charge on any atom is 0.343 e. The molecule has 0 bridgehead atoms. The van der Waals surface area contributed by atoms with Crippen LogP contribution in [0.4, 0.5) is 0 Å². The number of carbonyl (C=O) groups excluding carboxylic acids is 2. The summed E-state index contributed by atoms with van der Waals surface area (Å²) in [4.78, 5) is 24.4. The van der Waals surface area contributed by atoms with Crippen molar-refractivity contribution in [1.29, 1.82) is 0 Å². The number of Topliss-reactive ketones (excluding diaryl/α,β-unsaturated/α-hetero) is 1. The van der Waals surface area contributed by atoms with Gasteiger partial charge in [-0.3, -0.25) is 10.1 Å². The third-order valence-corrected chi connectivity index (χ3v) is 3.98. The molecule has 2 aromatic carbocycles. The molecule has 0 fully saturated rings. The van der Waals surface area contributed by atoms with E-state index in [1.54, 1.807) is 37.3 Å². The minimum absolute atomic E-state index is 0.0545. The van der Waals surface area contributed by atoms with Crippen molar-refractivity contribution in [3.05, 3.63) is 58.7 Å². The van der Waals surface area contributed by atoms with Crippen LogP contribution in [0.2, 0.25) is 0 Å². The largest absolute Gasteiger partial charge is 0.508 e. The summed E-state index contributed by atoms with van der Waals surface area (Å²) in [7, 11) is 0. The highest BCUT2D eigenvalue weighted by Gasteiger charge is 2.23. The second-order valence-corrected chi connectivity index (χ2v) is 5.96. The number of esters is 1. The van der Waals surface area contributed by atoms with Crippen LogP contribution in [0.1, 0.15) is 52.6 Å². The Bertz CT molecular complexity index is 816. The molecule has 0 radical (unpaired) electrons. The number of aromatic hydroxyl groups is 2. The molecule has 0 aliphatic carbocycles. The second kappa shape index (κ2) is 8.49. The molecule has 138 valence electrons. The molecule has 6 heteroatoms. The SMILES string of the molecule is CCNC(C)OC(=O)c1ccc(Cc2ccccc2O)c(C(C)=O)c1O. The van der Waals surface area contributed by atoms with Crippen molar-refractivity contribution in [1.82, 2.24) is 5.32 Å². The van der Waals surface area contributed by atoms with Gasteiger partial charge in [-0.15, -0.1) is 0 Å². The molecule has 0 aliphatic heterocycles. The molecule has 0 heterocycles. The zero-order valence-electron chi connectivity index (χ0n) is 15.1. The van der Waals surface area contributed by atoms with E-state index in [0.29, 0.717) is 17.7 Å². The number of para-hydroxylation sites is 1. The molecule has 1 atom stereocenters. The molecule has 6 nitrogen and oxygen atoms in total. The lowest BCUT2D eigenvalue weighted by atomic mass is 9.94. The van der Waals surface area contributed by atoms with Gasteiger partial charge in [0, 0.05) is 6.42 Å². The van der Waals surface area contributed by atoms with Gasteiger partial charge in [0.05, 0.1) is 5.56 Å². The van der Waals surface area contributed by atoms with E-state index >= 15 is 0 Å². The van der Waals surface area contributed by atoms with Gasteiger partial charge in [0.2, 0.25) is 0 Å². The topological polar surface area (TPSA) is 95.9 Å². The van der Waals surface area contributed by atoms with Crippen LogP contribution in [-0.2, 0) is 11.2 Å². The molecule has 0 aromatic heterocycles. The molecule has 0 saturated heterocycles. The standard InChI is InChI=1S/C20H23NO5/c1-4-21-13(3)26-20(25)16-10-9-15(18(12(2)22)19(16)24)11-14-7-5-6-8-17(14)23/h5-10,13,21,23-24H,4,11H2,1-3H3. The summed E-state index contributed by atoms with van der Waals surface area (Å²) in [5.41, 5.74) is 1.12. The van der Waals surface area contributed by atoms with Crippen molar-refractivity contribution in [3.8, 4) is 11.5 Å². The van der Waals surface area contributed by atoms with Crippen LogP contribution in [0, 0.1) is 0 Å². The van der Waals surface area contributed by atoms with Crippen LogP contribution in [0.15, 0.2) is 36.4 Å². The first-order valence-corrected chi connectivity index (χ1v) is 8.42. The first-order valence-electron chi connectivity index (χ1n) is 8.42. The molecule has 0 spiro atoms. The molecule has 2 aromatic rings. The fraction of sp³-hybridized carbons (Fsp3) is 0.300. The van der Waals surface area contributed by atoms with Crippen molar-refractivity contribution in [2.24, 2.45) is 0 Å². The van der Waals surface area contributed by atoms with Crippen LogP contribution in [-0.4, -0.2) is 34.7 Å². The zero-order valence-corrected chi connectivity index (χ0v) is 15.1. The van der Waals surface area contributed by atoms with Crippen LogP contribution in [0.5, 0.6) is 11.5 Å². The Morgan fingerprint density at radius 1 is 1.12 bits per heavy atom. The molecule has 26 heavy (non-hydrogen) atoms. The van der Waals surface area contributed by atoms with E-state index < -0.39 is 17.9 Å². The lowest BCUT2D eigenvalue weighted by molar-refractivity contribution is 0.0267. The Morgan fingerprint density at radius 2 is 1.81 bits per heavy atom. The van der Waals surface area contributed by atoms with Crippen molar-refractivity contribution >= 4 is 11.8 Å². The summed E-state index contributed by atoms with van der Waals surface area (Å²) in [5, 5.41) is 23.4. The van der Waals surface area contributed by atoms with Gasteiger partial charge in [-0.2, -0.15) is 0 Å². The molecular weight excluding hydrogens is 334 g/mol. The van der Waals surface area contributed by atoms with Crippen LogP contribution >= 0.6 is 0 Å². The number of carbonyl (C=O) groups is 2. The Morgan fingerprint density at radius 3 is 2.42 bits per heavy atom. The normalized spacial score (nSPS) is 11.8. The highest BCUT2D eigenvalue weighted by molar-refractivity contribution is 6.03. The van der Waals surface area contributed by atoms with Gasteiger partial charge in [-0.25, -0.2) is 4.79 Å². The van der Waals surface area contributed by atoms with Gasteiger partial charge in [-0.05, 0) is 43.7 Å². The Hall–Kier alpha value is -2.86. The molecule has 2 rings (SSSR count). The Balaban J connectivity index is 2.38. The van der Waals surface area contributed by atoms with E-state index in [-0.39, 0.29) is 29.1 Å². The van der Waals surface area contributed by atoms with E-state index in [0.717, 1.165) is 0 Å².